The molecule has 0 aliphatic heterocycles. The van der Waals surface area contributed by atoms with Crippen molar-refractivity contribution in [2.45, 2.75) is 0 Å². The van der Waals surface area contributed by atoms with E-state index in [4.69, 9.17) is 4.98 Å². The first-order chi connectivity index (χ1) is 12.8. The molecule has 0 bridgehead atoms. The van der Waals surface area contributed by atoms with E-state index >= 15 is 0 Å². The number of rotatable bonds is 4. The zero-order valence-electron chi connectivity index (χ0n) is 13.8. The first-order valence-electron chi connectivity index (χ1n) is 8.22. The van der Waals surface area contributed by atoms with E-state index < -0.39 is 0 Å². The number of aromatic nitrogens is 2. The van der Waals surface area contributed by atoms with E-state index in [1.807, 2.05) is 89.5 Å². The van der Waals surface area contributed by atoms with Gasteiger partial charge in [0.1, 0.15) is 17.2 Å². The van der Waals surface area contributed by atoms with Gasteiger partial charge < -0.3 is 0 Å². The van der Waals surface area contributed by atoms with Crippen molar-refractivity contribution < 1.29 is 4.79 Å². The Bertz CT molecular complexity index is 1040. The number of halogens is 1. The van der Waals surface area contributed by atoms with Crippen molar-refractivity contribution in [2.75, 3.05) is 0 Å². The maximum absolute atomic E-state index is 12.0. The Morgan fingerprint density at radius 2 is 1.38 bits per heavy atom. The highest BCUT2D eigenvalue weighted by molar-refractivity contribution is 9.10. The second-order valence-corrected chi connectivity index (χ2v) is 6.75. The normalized spacial score (nSPS) is 10.7. The lowest BCUT2D eigenvalue weighted by Gasteiger charge is -2.09. The molecule has 0 atom stereocenters. The van der Waals surface area contributed by atoms with Crippen LogP contribution < -0.4 is 0 Å². The number of carbonyl (C=O) groups is 1. The van der Waals surface area contributed by atoms with E-state index in [0.717, 1.165) is 33.4 Å². The minimum absolute atomic E-state index is 0.539. The Morgan fingerprint density at radius 3 is 2.00 bits per heavy atom. The van der Waals surface area contributed by atoms with Gasteiger partial charge in [-0.15, -0.1) is 0 Å². The average Bonchev–Trinajstić information content (AvgIpc) is 3.09. The monoisotopic (exact) mass is 402 g/mol. The summed E-state index contributed by atoms with van der Waals surface area (Å²) in [5.74, 6) is 0.747. The van der Waals surface area contributed by atoms with Crippen molar-refractivity contribution in [2.24, 2.45) is 0 Å². The largest absolute Gasteiger partial charge is 0.296 e. The molecular formula is C22H15BrN2O. The molecule has 0 radical (unpaired) electrons. The lowest BCUT2D eigenvalue weighted by Crippen LogP contribution is -2.02. The van der Waals surface area contributed by atoms with Crippen LogP contribution in [0.2, 0.25) is 0 Å². The lowest BCUT2D eigenvalue weighted by molar-refractivity contribution is 0.111. The maximum Gasteiger partial charge on any atom is 0.169 e. The molecule has 4 rings (SSSR count). The maximum atomic E-state index is 12.0. The quantitative estimate of drug-likeness (QED) is 0.405. The van der Waals surface area contributed by atoms with Crippen LogP contribution in [0, 0.1) is 0 Å². The van der Waals surface area contributed by atoms with Crippen LogP contribution in [-0.4, -0.2) is 15.8 Å². The van der Waals surface area contributed by atoms with Gasteiger partial charge in [0.2, 0.25) is 0 Å². The number of hydrogen-bond donors (Lipinski definition) is 0. The van der Waals surface area contributed by atoms with Crippen LogP contribution in [0.5, 0.6) is 0 Å². The third kappa shape index (κ3) is 3.00. The highest BCUT2D eigenvalue weighted by atomic mass is 79.9. The van der Waals surface area contributed by atoms with E-state index in [1.165, 1.54) is 0 Å². The van der Waals surface area contributed by atoms with E-state index in [2.05, 4.69) is 15.9 Å². The Hall–Kier alpha value is -2.98. The Labute approximate surface area is 160 Å². The topological polar surface area (TPSA) is 34.9 Å². The molecule has 0 spiro atoms. The number of carbonyl (C=O) groups excluding carboxylic acids is 1. The van der Waals surface area contributed by atoms with Crippen molar-refractivity contribution in [3.63, 3.8) is 0 Å². The number of nitrogens with zero attached hydrogens (tertiary/aromatic N) is 2. The summed E-state index contributed by atoms with van der Waals surface area (Å²) in [4.78, 5) is 16.9. The molecule has 3 aromatic carbocycles. The molecule has 0 saturated heterocycles. The van der Waals surface area contributed by atoms with Gasteiger partial charge in [-0.25, -0.2) is 4.98 Å². The minimum atomic E-state index is 0.539. The summed E-state index contributed by atoms with van der Waals surface area (Å²) in [5, 5.41) is 0. The Balaban J connectivity index is 2.01. The molecule has 0 unspecified atom stereocenters. The Morgan fingerprint density at radius 1 is 0.769 bits per heavy atom. The molecule has 126 valence electrons. The standard InChI is InChI=1S/C22H15BrN2O/c23-18-13-11-16(12-14-18)21-20(15-26)25(19-9-5-2-6-10-19)22(24-21)17-7-3-1-4-8-17/h1-15H. The molecule has 1 heterocycles. The molecule has 0 fully saturated rings. The molecule has 4 aromatic rings. The van der Waals surface area contributed by atoms with Crippen molar-refractivity contribution in [3.05, 3.63) is 95.1 Å². The van der Waals surface area contributed by atoms with E-state index in [9.17, 15) is 4.79 Å². The van der Waals surface area contributed by atoms with Gasteiger partial charge in [-0.1, -0.05) is 76.6 Å². The van der Waals surface area contributed by atoms with E-state index in [-0.39, 0.29) is 0 Å². The second kappa shape index (κ2) is 7.10. The summed E-state index contributed by atoms with van der Waals surface area (Å²) in [5.41, 5.74) is 3.99. The highest BCUT2D eigenvalue weighted by Crippen LogP contribution is 2.31. The summed E-state index contributed by atoms with van der Waals surface area (Å²) in [6.45, 7) is 0. The molecule has 1 aromatic heterocycles. The third-order valence-corrected chi connectivity index (χ3v) is 4.72. The smallest absolute Gasteiger partial charge is 0.169 e. The summed E-state index contributed by atoms with van der Waals surface area (Å²) in [7, 11) is 0. The molecule has 0 amide bonds. The number of imidazole rings is 1. The van der Waals surface area contributed by atoms with Crippen molar-refractivity contribution in [3.8, 4) is 28.3 Å². The molecule has 0 aliphatic carbocycles. The molecular weight excluding hydrogens is 388 g/mol. The molecule has 0 saturated carbocycles. The number of aldehydes is 1. The fourth-order valence-electron chi connectivity index (χ4n) is 2.98. The predicted molar refractivity (Wildman–Crippen MR) is 108 cm³/mol. The SMILES string of the molecule is O=Cc1c(-c2ccc(Br)cc2)nc(-c2ccccc2)n1-c1ccccc1. The van der Waals surface area contributed by atoms with Gasteiger partial charge in [0, 0.05) is 21.3 Å². The van der Waals surface area contributed by atoms with Gasteiger partial charge in [-0.2, -0.15) is 0 Å². The molecule has 3 nitrogen and oxygen atoms in total. The minimum Gasteiger partial charge on any atom is -0.296 e. The number of para-hydroxylation sites is 1. The first-order valence-corrected chi connectivity index (χ1v) is 9.02. The van der Waals surface area contributed by atoms with Gasteiger partial charge >= 0.3 is 0 Å². The van der Waals surface area contributed by atoms with Crippen LogP contribution in [0.15, 0.2) is 89.4 Å². The van der Waals surface area contributed by atoms with Gasteiger partial charge in [-0.05, 0) is 24.3 Å². The van der Waals surface area contributed by atoms with Gasteiger partial charge in [0.15, 0.2) is 6.29 Å². The van der Waals surface area contributed by atoms with Crippen molar-refractivity contribution in [1.82, 2.24) is 9.55 Å². The summed E-state index contributed by atoms with van der Waals surface area (Å²) < 4.78 is 2.90. The summed E-state index contributed by atoms with van der Waals surface area (Å²) in [6, 6.07) is 27.6. The van der Waals surface area contributed by atoms with Crippen LogP contribution in [0.1, 0.15) is 10.5 Å². The summed E-state index contributed by atoms with van der Waals surface area (Å²) in [6.07, 6.45) is 0.879. The predicted octanol–water partition coefficient (Wildman–Crippen LogP) is 5.78. The summed E-state index contributed by atoms with van der Waals surface area (Å²) >= 11 is 3.45. The lowest BCUT2D eigenvalue weighted by atomic mass is 10.1. The molecule has 0 aliphatic rings. The van der Waals surface area contributed by atoms with E-state index in [0.29, 0.717) is 11.4 Å². The van der Waals surface area contributed by atoms with Crippen molar-refractivity contribution in [1.29, 1.82) is 0 Å². The molecule has 4 heteroatoms. The highest BCUT2D eigenvalue weighted by Gasteiger charge is 2.20. The molecule has 26 heavy (non-hydrogen) atoms. The van der Waals surface area contributed by atoms with E-state index in [1.54, 1.807) is 0 Å². The van der Waals surface area contributed by atoms with Crippen LogP contribution >= 0.6 is 15.9 Å². The third-order valence-electron chi connectivity index (χ3n) is 4.19. The number of hydrogen-bond acceptors (Lipinski definition) is 2. The Kier molecular flexibility index (Phi) is 4.50. The van der Waals surface area contributed by atoms with Crippen LogP contribution in [-0.2, 0) is 0 Å². The van der Waals surface area contributed by atoms with Gasteiger partial charge in [0.05, 0.1) is 0 Å². The number of benzene rings is 3. The van der Waals surface area contributed by atoms with Crippen molar-refractivity contribution >= 4 is 22.2 Å². The van der Waals surface area contributed by atoms with Gasteiger partial charge in [0.25, 0.3) is 0 Å². The fraction of sp³-hybridized carbons (Fsp3) is 0. The average molecular weight is 403 g/mol. The first kappa shape index (κ1) is 16.5. The zero-order valence-corrected chi connectivity index (χ0v) is 15.4. The fourth-order valence-corrected chi connectivity index (χ4v) is 3.25. The second-order valence-electron chi connectivity index (χ2n) is 5.83. The van der Waals surface area contributed by atoms with Gasteiger partial charge in [-0.3, -0.25) is 9.36 Å². The van der Waals surface area contributed by atoms with Crippen LogP contribution in [0.4, 0.5) is 0 Å². The molecule has 0 N–H and O–H groups in total. The zero-order chi connectivity index (χ0) is 17.9. The van der Waals surface area contributed by atoms with Crippen LogP contribution in [0.3, 0.4) is 0 Å². The van der Waals surface area contributed by atoms with Crippen LogP contribution in [0.25, 0.3) is 28.3 Å².